The molecule has 19 heavy (non-hydrogen) atoms. The molecule has 1 aromatic rings. The molecular formula is C14H18Cl2N2O. The zero-order valence-corrected chi connectivity index (χ0v) is 12.4. The summed E-state index contributed by atoms with van der Waals surface area (Å²) < 4.78 is 0. The summed E-state index contributed by atoms with van der Waals surface area (Å²) in [6.45, 7) is 0.476. The number of hydrogen-bond donors (Lipinski definition) is 1. The summed E-state index contributed by atoms with van der Waals surface area (Å²) in [5.41, 5.74) is 6.72. The fourth-order valence-electron chi connectivity index (χ4n) is 2.56. The predicted octanol–water partition coefficient (Wildman–Crippen LogP) is 3.08. The number of nitrogens with two attached hydrogens (primary N) is 1. The van der Waals surface area contributed by atoms with Gasteiger partial charge in [-0.05, 0) is 30.9 Å². The minimum absolute atomic E-state index is 0.0537. The smallest absolute Gasteiger partial charge is 0.225 e. The molecule has 0 saturated heterocycles. The van der Waals surface area contributed by atoms with Crippen molar-refractivity contribution in [2.75, 3.05) is 7.05 Å². The van der Waals surface area contributed by atoms with E-state index in [1.807, 2.05) is 12.1 Å². The standard InChI is InChI=1S/C14H18Cl2N2O/c1-18(14(19)9-5-6-11(17)7-9)8-10-3-2-4-12(15)13(10)16/h2-4,9,11H,5-8,17H2,1H3. The van der Waals surface area contributed by atoms with Gasteiger partial charge in [0.25, 0.3) is 0 Å². The summed E-state index contributed by atoms with van der Waals surface area (Å²) in [5, 5.41) is 1.04. The van der Waals surface area contributed by atoms with Crippen LogP contribution in [0.1, 0.15) is 24.8 Å². The van der Waals surface area contributed by atoms with Gasteiger partial charge in [0.2, 0.25) is 5.91 Å². The molecule has 1 aliphatic carbocycles. The van der Waals surface area contributed by atoms with Gasteiger partial charge in [0, 0.05) is 25.6 Å². The van der Waals surface area contributed by atoms with E-state index in [4.69, 9.17) is 28.9 Å². The number of carbonyl (C=O) groups excluding carboxylic acids is 1. The molecule has 2 rings (SSSR count). The molecule has 1 amide bonds. The van der Waals surface area contributed by atoms with E-state index in [0.29, 0.717) is 16.6 Å². The van der Waals surface area contributed by atoms with E-state index >= 15 is 0 Å². The molecule has 0 bridgehead atoms. The van der Waals surface area contributed by atoms with Crippen LogP contribution in [-0.4, -0.2) is 23.9 Å². The molecule has 2 unspecified atom stereocenters. The van der Waals surface area contributed by atoms with Gasteiger partial charge < -0.3 is 10.6 Å². The monoisotopic (exact) mass is 300 g/mol. The van der Waals surface area contributed by atoms with Crippen LogP contribution in [-0.2, 0) is 11.3 Å². The minimum Gasteiger partial charge on any atom is -0.341 e. The van der Waals surface area contributed by atoms with Crippen LogP contribution in [0.2, 0.25) is 10.0 Å². The summed E-state index contributed by atoms with van der Waals surface area (Å²) in [5.74, 6) is 0.196. The highest BCUT2D eigenvalue weighted by Crippen LogP contribution is 2.29. The molecule has 1 aromatic carbocycles. The normalized spacial score (nSPS) is 22.5. The van der Waals surface area contributed by atoms with Crippen LogP contribution in [0.25, 0.3) is 0 Å². The van der Waals surface area contributed by atoms with Gasteiger partial charge in [0.05, 0.1) is 10.0 Å². The number of benzene rings is 1. The molecule has 5 heteroatoms. The van der Waals surface area contributed by atoms with Crippen molar-refractivity contribution in [1.82, 2.24) is 4.90 Å². The number of hydrogen-bond acceptors (Lipinski definition) is 2. The molecule has 1 fully saturated rings. The average molecular weight is 301 g/mol. The fraction of sp³-hybridized carbons (Fsp3) is 0.500. The van der Waals surface area contributed by atoms with E-state index in [-0.39, 0.29) is 17.9 Å². The summed E-state index contributed by atoms with van der Waals surface area (Å²) in [4.78, 5) is 14.0. The van der Waals surface area contributed by atoms with Crippen molar-refractivity contribution in [3.05, 3.63) is 33.8 Å². The maximum Gasteiger partial charge on any atom is 0.225 e. The average Bonchev–Trinajstić information content (AvgIpc) is 2.80. The van der Waals surface area contributed by atoms with Crippen LogP contribution in [0.5, 0.6) is 0 Å². The molecule has 1 saturated carbocycles. The summed E-state index contributed by atoms with van der Waals surface area (Å²) in [6.07, 6.45) is 2.60. The second-order valence-electron chi connectivity index (χ2n) is 5.18. The quantitative estimate of drug-likeness (QED) is 0.932. The second kappa shape index (κ2) is 6.12. The summed E-state index contributed by atoms with van der Waals surface area (Å²) in [6, 6.07) is 5.63. The SMILES string of the molecule is CN(Cc1cccc(Cl)c1Cl)C(=O)C1CCC(N)C1. The van der Waals surface area contributed by atoms with Crippen molar-refractivity contribution in [2.24, 2.45) is 11.7 Å². The maximum atomic E-state index is 12.3. The highest BCUT2D eigenvalue weighted by molar-refractivity contribution is 6.42. The van der Waals surface area contributed by atoms with Crippen molar-refractivity contribution in [2.45, 2.75) is 31.8 Å². The zero-order valence-electron chi connectivity index (χ0n) is 10.9. The highest BCUT2D eigenvalue weighted by atomic mass is 35.5. The molecule has 1 aliphatic rings. The Balaban J connectivity index is 2.02. The van der Waals surface area contributed by atoms with Gasteiger partial charge in [0.15, 0.2) is 0 Å². The molecule has 3 nitrogen and oxygen atoms in total. The zero-order chi connectivity index (χ0) is 14.0. The van der Waals surface area contributed by atoms with Gasteiger partial charge in [-0.3, -0.25) is 4.79 Å². The predicted molar refractivity (Wildman–Crippen MR) is 78.3 cm³/mol. The van der Waals surface area contributed by atoms with Crippen LogP contribution in [0, 0.1) is 5.92 Å². The maximum absolute atomic E-state index is 12.3. The first-order valence-electron chi connectivity index (χ1n) is 6.42. The lowest BCUT2D eigenvalue weighted by Crippen LogP contribution is -2.32. The lowest BCUT2D eigenvalue weighted by atomic mass is 10.1. The molecule has 0 spiro atoms. The van der Waals surface area contributed by atoms with Crippen molar-refractivity contribution in [3.8, 4) is 0 Å². The van der Waals surface area contributed by atoms with E-state index in [1.165, 1.54) is 0 Å². The van der Waals surface area contributed by atoms with E-state index in [9.17, 15) is 4.79 Å². The Bertz CT molecular complexity index is 479. The van der Waals surface area contributed by atoms with Crippen molar-refractivity contribution in [1.29, 1.82) is 0 Å². The van der Waals surface area contributed by atoms with Gasteiger partial charge in [0.1, 0.15) is 0 Å². The topological polar surface area (TPSA) is 46.3 Å². The molecule has 0 aromatic heterocycles. The van der Waals surface area contributed by atoms with Gasteiger partial charge in [-0.25, -0.2) is 0 Å². The number of halogens is 2. The van der Waals surface area contributed by atoms with Crippen molar-refractivity contribution < 1.29 is 4.79 Å². The summed E-state index contributed by atoms with van der Waals surface area (Å²) in [7, 11) is 1.80. The Labute approximate surface area is 123 Å². The Morgan fingerprint density at radius 1 is 1.42 bits per heavy atom. The van der Waals surface area contributed by atoms with Gasteiger partial charge in [-0.1, -0.05) is 35.3 Å². The Hall–Kier alpha value is -0.770. The molecule has 0 radical (unpaired) electrons. The molecule has 0 heterocycles. The van der Waals surface area contributed by atoms with Gasteiger partial charge in [-0.2, -0.15) is 0 Å². The third-order valence-electron chi connectivity index (χ3n) is 3.64. The van der Waals surface area contributed by atoms with Crippen LogP contribution in [0.3, 0.4) is 0 Å². The van der Waals surface area contributed by atoms with Gasteiger partial charge in [-0.15, -0.1) is 0 Å². The van der Waals surface area contributed by atoms with Crippen molar-refractivity contribution >= 4 is 29.1 Å². The van der Waals surface area contributed by atoms with E-state index in [2.05, 4.69) is 0 Å². The molecular weight excluding hydrogens is 283 g/mol. The molecule has 2 N–H and O–H groups in total. The number of amides is 1. The lowest BCUT2D eigenvalue weighted by Gasteiger charge is -2.21. The lowest BCUT2D eigenvalue weighted by molar-refractivity contribution is -0.134. The van der Waals surface area contributed by atoms with Crippen LogP contribution in [0.15, 0.2) is 18.2 Å². The van der Waals surface area contributed by atoms with Crippen LogP contribution in [0.4, 0.5) is 0 Å². The number of carbonyl (C=O) groups is 1. The van der Waals surface area contributed by atoms with E-state index < -0.39 is 0 Å². The first-order chi connectivity index (χ1) is 8.99. The largest absolute Gasteiger partial charge is 0.341 e. The first-order valence-corrected chi connectivity index (χ1v) is 7.18. The Morgan fingerprint density at radius 3 is 2.79 bits per heavy atom. The molecule has 2 atom stereocenters. The first kappa shape index (κ1) is 14.6. The van der Waals surface area contributed by atoms with Gasteiger partial charge >= 0.3 is 0 Å². The number of rotatable bonds is 3. The third kappa shape index (κ3) is 3.41. The molecule has 0 aliphatic heterocycles. The third-order valence-corrected chi connectivity index (χ3v) is 4.50. The summed E-state index contributed by atoms with van der Waals surface area (Å²) >= 11 is 12.1. The van der Waals surface area contributed by atoms with Crippen LogP contribution < -0.4 is 5.73 Å². The fourth-order valence-corrected chi connectivity index (χ4v) is 2.94. The molecule has 104 valence electrons. The Kier molecular flexibility index (Phi) is 4.71. The van der Waals surface area contributed by atoms with Crippen molar-refractivity contribution in [3.63, 3.8) is 0 Å². The van der Waals surface area contributed by atoms with E-state index in [1.54, 1.807) is 18.0 Å². The van der Waals surface area contributed by atoms with E-state index in [0.717, 1.165) is 24.8 Å². The Morgan fingerprint density at radius 2 is 2.16 bits per heavy atom. The second-order valence-corrected chi connectivity index (χ2v) is 5.96. The minimum atomic E-state index is 0.0537. The van der Waals surface area contributed by atoms with Crippen LogP contribution >= 0.6 is 23.2 Å². The highest BCUT2D eigenvalue weighted by Gasteiger charge is 2.29. The number of nitrogens with zero attached hydrogens (tertiary/aromatic N) is 1.